The smallest absolute Gasteiger partial charge is 0.215 e. The van der Waals surface area contributed by atoms with Crippen molar-refractivity contribution in [2.45, 2.75) is 65.2 Å². The van der Waals surface area contributed by atoms with E-state index < -0.39 is 21.4 Å². The number of rotatable bonds is 3. The van der Waals surface area contributed by atoms with Crippen LogP contribution in [-0.4, -0.2) is 39.7 Å². The van der Waals surface area contributed by atoms with Crippen LogP contribution in [0, 0.1) is 11.6 Å². The van der Waals surface area contributed by atoms with Gasteiger partial charge in [-0.25, -0.2) is 22.3 Å². The Balaban J connectivity index is 0.00000205. The van der Waals surface area contributed by atoms with Gasteiger partial charge >= 0.3 is 0 Å². The summed E-state index contributed by atoms with van der Waals surface area (Å²) in [6.07, 6.45) is 6.14. The van der Waals surface area contributed by atoms with E-state index in [0.29, 0.717) is 36.3 Å². The SMILES string of the molecule is CC.CC(C)N=S(C)(=O)Cc1cc2nc(c1)OCCCCCCOc1cc(F)ccc1-c1cc(ncc1F)N2. The highest BCUT2D eigenvalue weighted by atomic mass is 32.2. The molecule has 3 aromatic rings. The Morgan fingerprint density at radius 2 is 1.69 bits per heavy atom. The third-order valence-electron chi connectivity index (χ3n) is 5.62. The molecule has 7 nitrogen and oxygen atoms in total. The van der Waals surface area contributed by atoms with Crippen molar-refractivity contribution in [1.29, 1.82) is 0 Å². The fourth-order valence-corrected chi connectivity index (χ4v) is 5.92. The zero-order chi connectivity index (χ0) is 28.4. The lowest BCUT2D eigenvalue weighted by atomic mass is 10.0. The zero-order valence-corrected chi connectivity index (χ0v) is 24.1. The molecule has 39 heavy (non-hydrogen) atoms. The first-order valence-electron chi connectivity index (χ1n) is 13.4. The number of halogens is 2. The van der Waals surface area contributed by atoms with Crippen LogP contribution < -0.4 is 14.8 Å². The van der Waals surface area contributed by atoms with Crippen molar-refractivity contribution < 1.29 is 22.5 Å². The van der Waals surface area contributed by atoms with Crippen LogP contribution in [0.5, 0.6) is 11.6 Å². The van der Waals surface area contributed by atoms with Gasteiger partial charge in [-0.05, 0) is 69.4 Å². The summed E-state index contributed by atoms with van der Waals surface area (Å²) < 4.78 is 58.0. The predicted molar refractivity (Wildman–Crippen MR) is 153 cm³/mol. The lowest BCUT2D eigenvalue weighted by Gasteiger charge is -2.14. The summed E-state index contributed by atoms with van der Waals surface area (Å²) in [5.74, 6) is 0.629. The number of pyridine rings is 2. The molecule has 1 N–H and O–H groups in total. The van der Waals surface area contributed by atoms with E-state index >= 15 is 0 Å². The molecule has 0 fully saturated rings. The summed E-state index contributed by atoms with van der Waals surface area (Å²) in [7, 11) is -2.47. The molecule has 0 saturated carbocycles. The van der Waals surface area contributed by atoms with E-state index in [9.17, 15) is 13.0 Å². The van der Waals surface area contributed by atoms with E-state index in [1.807, 2.05) is 27.7 Å². The zero-order valence-electron chi connectivity index (χ0n) is 23.3. The number of aromatic nitrogens is 2. The normalized spacial score (nSPS) is 15.2. The average molecular weight is 561 g/mol. The molecule has 0 amide bonds. The van der Waals surface area contributed by atoms with Gasteiger partial charge in [0.25, 0.3) is 0 Å². The van der Waals surface area contributed by atoms with Gasteiger partial charge in [-0.1, -0.05) is 13.8 Å². The van der Waals surface area contributed by atoms with Crippen LogP contribution in [0.4, 0.5) is 20.4 Å². The minimum absolute atomic E-state index is 0.0579. The molecule has 0 aliphatic carbocycles. The van der Waals surface area contributed by atoms with Crippen molar-refractivity contribution >= 4 is 21.4 Å². The highest BCUT2D eigenvalue weighted by Gasteiger charge is 2.16. The molecule has 1 aliphatic rings. The van der Waals surface area contributed by atoms with E-state index in [1.54, 1.807) is 18.4 Å². The van der Waals surface area contributed by atoms with Crippen molar-refractivity contribution in [3.63, 3.8) is 0 Å². The van der Waals surface area contributed by atoms with E-state index in [-0.39, 0.29) is 23.1 Å². The molecule has 0 radical (unpaired) electrons. The summed E-state index contributed by atoms with van der Waals surface area (Å²) in [6.45, 7) is 8.65. The quantitative estimate of drug-likeness (QED) is 0.356. The lowest BCUT2D eigenvalue weighted by Crippen LogP contribution is -2.08. The maximum atomic E-state index is 14.9. The van der Waals surface area contributed by atoms with Crippen LogP contribution in [0.1, 0.15) is 58.9 Å². The third-order valence-corrected chi connectivity index (χ3v) is 7.36. The van der Waals surface area contributed by atoms with Gasteiger partial charge in [-0.15, -0.1) is 0 Å². The Labute approximate surface area is 230 Å². The molecular weight excluding hydrogens is 522 g/mol. The van der Waals surface area contributed by atoms with Crippen LogP contribution in [0.2, 0.25) is 0 Å². The molecule has 1 aliphatic heterocycles. The Bertz CT molecular complexity index is 1370. The molecule has 10 heteroatoms. The monoisotopic (exact) mass is 560 g/mol. The second-order valence-electron chi connectivity index (χ2n) is 9.43. The largest absolute Gasteiger partial charge is 0.493 e. The molecule has 0 spiro atoms. The van der Waals surface area contributed by atoms with Gasteiger partial charge in [0.15, 0.2) is 0 Å². The summed E-state index contributed by atoms with van der Waals surface area (Å²) in [5.41, 5.74) is 1.40. The maximum absolute atomic E-state index is 14.9. The number of anilines is 2. The Kier molecular flexibility index (Phi) is 11.0. The van der Waals surface area contributed by atoms with Crippen molar-refractivity contribution in [1.82, 2.24) is 9.97 Å². The highest BCUT2D eigenvalue weighted by molar-refractivity contribution is 7.92. The van der Waals surface area contributed by atoms with Gasteiger partial charge in [0.1, 0.15) is 29.0 Å². The summed E-state index contributed by atoms with van der Waals surface area (Å²) >= 11 is 0. The van der Waals surface area contributed by atoms with Crippen molar-refractivity contribution in [3.05, 3.63) is 59.8 Å². The molecule has 4 bridgehead atoms. The molecule has 1 aromatic carbocycles. The number of nitrogens with zero attached hydrogens (tertiary/aromatic N) is 3. The maximum Gasteiger partial charge on any atom is 0.215 e. The first kappa shape index (κ1) is 30.3. The summed E-state index contributed by atoms with van der Waals surface area (Å²) in [4.78, 5) is 8.70. The number of nitrogens with one attached hydrogen (secondary N) is 1. The molecule has 3 heterocycles. The number of fused-ring (bicyclic) bond motifs is 6. The molecule has 1 unspecified atom stereocenters. The Hall–Kier alpha value is -3.27. The van der Waals surface area contributed by atoms with Gasteiger partial charge in [0.05, 0.1) is 31.2 Å². The molecule has 212 valence electrons. The topological polar surface area (TPSA) is 85.7 Å². The van der Waals surface area contributed by atoms with Gasteiger partial charge in [0, 0.05) is 39.2 Å². The van der Waals surface area contributed by atoms with E-state index in [1.165, 1.54) is 24.3 Å². The number of hydrogen-bond donors (Lipinski definition) is 1. The second-order valence-corrected chi connectivity index (χ2v) is 11.8. The number of hydrogen-bond acceptors (Lipinski definition) is 7. The van der Waals surface area contributed by atoms with Gasteiger partial charge < -0.3 is 14.8 Å². The predicted octanol–water partition coefficient (Wildman–Crippen LogP) is 7.53. The molecule has 0 saturated heterocycles. The van der Waals surface area contributed by atoms with Crippen molar-refractivity contribution in [2.24, 2.45) is 4.36 Å². The third kappa shape index (κ3) is 9.16. The van der Waals surface area contributed by atoms with Crippen LogP contribution >= 0.6 is 0 Å². The van der Waals surface area contributed by atoms with E-state index in [0.717, 1.165) is 37.4 Å². The lowest BCUT2D eigenvalue weighted by molar-refractivity contribution is 0.281. The molecular formula is C29H38F2N4O3S. The fourth-order valence-electron chi connectivity index (χ4n) is 4.17. The van der Waals surface area contributed by atoms with Gasteiger partial charge in [-0.2, -0.15) is 4.98 Å². The Morgan fingerprint density at radius 1 is 0.974 bits per heavy atom. The van der Waals surface area contributed by atoms with Gasteiger partial charge in [0.2, 0.25) is 5.88 Å². The minimum Gasteiger partial charge on any atom is -0.493 e. The minimum atomic E-state index is -2.47. The molecule has 1 atom stereocenters. The first-order valence-corrected chi connectivity index (χ1v) is 15.5. The number of benzene rings is 1. The highest BCUT2D eigenvalue weighted by Crippen LogP contribution is 2.34. The summed E-state index contributed by atoms with van der Waals surface area (Å²) in [6, 6.07) is 9.06. The standard InChI is InChI=1S/C27H32F2N4O3S.C2H6/c1-18(2)33-37(3,34)17-19-12-26-31-25-15-22(23(29)16-30-25)21-9-8-20(28)14-24(21)35-10-6-4-5-7-11-36-27(13-19)32-26;1-2/h8-9,12-16,18H,4-7,10-11,17H2,1-3H3,(H,30,31,32);1-2H3. The second kappa shape index (κ2) is 14.2. The van der Waals surface area contributed by atoms with Crippen molar-refractivity contribution in [2.75, 3.05) is 24.8 Å². The molecule has 4 rings (SSSR count). The number of ether oxygens (including phenoxy) is 2. The van der Waals surface area contributed by atoms with E-state index in [4.69, 9.17) is 9.47 Å². The van der Waals surface area contributed by atoms with Crippen LogP contribution in [0.3, 0.4) is 0 Å². The summed E-state index contributed by atoms with van der Waals surface area (Å²) in [5, 5.41) is 3.11. The fraction of sp³-hybridized carbons (Fsp3) is 0.448. The van der Waals surface area contributed by atoms with Crippen LogP contribution in [-0.2, 0) is 15.5 Å². The van der Waals surface area contributed by atoms with Crippen LogP contribution in [0.25, 0.3) is 11.1 Å². The first-order chi connectivity index (χ1) is 18.7. The van der Waals surface area contributed by atoms with Crippen molar-refractivity contribution in [3.8, 4) is 22.8 Å². The van der Waals surface area contributed by atoms with Crippen LogP contribution in [0.15, 0.2) is 47.0 Å². The average Bonchev–Trinajstić information content (AvgIpc) is 2.87. The molecule has 2 aromatic heterocycles. The van der Waals surface area contributed by atoms with Gasteiger partial charge in [-0.3, -0.25) is 0 Å². The Morgan fingerprint density at radius 3 is 2.41 bits per heavy atom. The van der Waals surface area contributed by atoms with E-state index in [2.05, 4.69) is 19.6 Å².